The number of hydrogen-bond acceptors (Lipinski definition) is 11. The number of nitrogens with zero attached hydrogens (tertiary/aromatic N) is 4. The van der Waals surface area contributed by atoms with E-state index in [1.165, 1.54) is 113 Å². The van der Waals surface area contributed by atoms with Crippen LogP contribution in [0.25, 0.3) is 0 Å². The Morgan fingerprint density at radius 2 is 1.14 bits per heavy atom. The first kappa shape index (κ1) is 52.9. The van der Waals surface area contributed by atoms with Crippen LogP contribution in [0.3, 0.4) is 0 Å². The second-order valence-corrected chi connectivity index (χ2v) is 16.6. The van der Waals surface area contributed by atoms with Gasteiger partial charge in [-0.3, -0.25) is 24.0 Å². The Kier molecular flexibility index (Phi) is 33.6. The van der Waals surface area contributed by atoms with Crippen LogP contribution in [-0.2, 0) is 51.3 Å². The van der Waals surface area contributed by atoms with Gasteiger partial charge < -0.3 is 24.2 Å². The lowest BCUT2D eigenvalue weighted by atomic mass is 10.1. The molecule has 1 amide bonds. The first-order chi connectivity index (χ1) is 28.2. The van der Waals surface area contributed by atoms with Gasteiger partial charge >= 0.3 is 23.9 Å². The van der Waals surface area contributed by atoms with Crippen molar-refractivity contribution in [3.63, 3.8) is 0 Å². The summed E-state index contributed by atoms with van der Waals surface area (Å²) < 4.78 is 17.9. The van der Waals surface area contributed by atoms with E-state index < -0.39 is 24.0 Å². The highest BCUT2D eigenvalue weighted by atomic mass is 32.2. The fraction of sp³-hybridized carbons (Fsp3) is 0.841. The average molecular weight is 839 g/mol. The zero-order valence-corrected chi connectivity index (χ0v) is 37.2. The standard InChI is InChI=1S/C44H78N4O9S/c1-4-7-9-11-13-15-17-19-21-23-25-27-42(52)55-36-39(57-43(53)28-26-24-22-20-18-16-14-12-10-8-5-2)37-56-44(54)35-48-34-38(45-46-48)33-47(40(49)6-3)30-32-58-31-29-41(50)51/h34,39H,4-33,35-37H2,1-3H3,(H,50,51). The van der Waals surface area contributed by atoms with E-state index in [4.69, 9.17) is 19.3 Å². The molecule has 0 aromatic carbocycles. The number of hydrogen-bond donors (Lipinski definition) is 1. The maximum Gasteiger partial charge on any atom is 0.327 e. The number of aliphatic carboxylic acids is 1. The summed E-state index contributed by atoms with van der Waals surface area (Å²) in [5.74, 6) is -1.29. The van der Waals surface area contributed by atoms with Crippen LogP contribution in [0.1, 0.15) is 193 Å². The lowest BCUT2D eigenvalue weighted by molar-refractivity contribution is -0.167. The SMILES string of the molecule is CCCCCCCCCCCCCC(=O)OCC(COC(=O)Cn1cc(CN(CCSCCC(=O)O)C(=O)CC)nn1)OC(=O)CCCCCCCCCCCCC. The van der Waals surface area contributed by atoms with Crippen molar-refractivity contribution >= 4 is 41.5 Å². The second-order valence-electron chi connectivity index (χ2n) is 15.4. The van der Waals surface area contributed by atoms with Gasteiger partial charge in [-0.15, -0.1) is 5.10 Å². The van der Waals surface area contributed by atoms with Crippen LogP contribution < -0.4 is 0 Å². The van der Waals surface area contributed by atoms with E-state index in [2.05, 4.69) is 24.2 Å². The van der Waals surface area contributed by atoms with Crippen molar-refractivity contribution in [2.24, 2.45) is 0 Å². The highest BCUT2D eigenvalue weighted by Crippen LogP contribution is 2.15. The summed E-state index contributed by atoms with van der Waals surface area (Å²) in [6, 6.07) is 0. The summed E-state index contributed by atoms with van der Waals surface area (Å²) in [5, 5.41) is 17.0. The predicted octanol–water partition coefficient (Wildman–Crippen LogP) is 9.62. The van der Waals surface area contributed by atoms with E-state index in [-0.39, 0.29) is 57.4 Å². The van der Waals surface area contributed by atoms with Crippen molar-refractivity contribution in [1.29, 1.82) is 0 Å². The Balaban J connectivity index is 2.57. The van der Waals surface area contributed by atoms with Gasteiger partial charge in [0.1, 0.15) is 25.5 Å². The summed E-state index contributed by atoms with van der Waals surface area (Å²) in [4.78, 5) is 63.1. The van der Waals surface area contributed by atoms with E-state index >= 15 is 0 Å². The molecule has 1 atom stereocenters. The molecule has 0 saturated heterocycles. The zero-order valence-electron chi connectivity index (χ0n) is 36.4. The second kappa shape index (κ2) is 36.9. The highest BCUT2D eigenvalue weighted by molar-refractivity contribution is 7.99. The molecule has 0 fully saturated rings. The summed E-state index contributed by atoms with van der Waals surface area (Å²) in [7, 11) is 0. The number of esters is 3. The number of aromatic nitrogens is 3. The molecule has 1 aromatic rings. The van der Waals surface area contributed by atoms with Gasteiger partial charge in [0.05, 0.1) is 19.2 Å². The fourth-order valence-electron chi connectivity index (χ4n) is 6.49. The number of carboxylic acid groups (broad SMARTS) is 1. The van der Waals surface area contributed by atoms with Crippen LogP contribution in [0.2, 0.25) is 0 Å². The number of amides is 1. The Hall–Kier alpha value is -3.16. The molecule has 0 spiro atoms. The van der Waals surface area contributed by atoms with Crippen LogP contribution in [-0.4, -0.2) is 92.2 Å². The molecule has 13 nitrogen and oxygen atoms in total. The Morgan fingerprint density at radius 3 is 1.64 bits per heavy atom. The summed E-state index contributed by atoms with van der Waals surface area (Å²) in [5.41, 5.74) is 0.490. The summed E-state index contributed by atoms with van der Waals surface area (Å²) in [6.07, 6.45) is 27.4. The van der Waals surface area contributed by atoms with Crippen molar-refractivity contribution in [3.05, 3.63) is 11.9 Å². The minimum atomic E-state index is -0.932. The van der Waals surface area contributed by atoms with Crippen molar-refractivity contribution in [2.75, 3.05) is 31.3 Å². The van der Waals surface area contributed by atoms with Crippen LogP contribution in [0, 0.1) is 0 Å². The molecule has 1 aromatic heterocycles. The van der Waals surface area contributed by atoms with E-state index in [1.807, 2.05) is 0 Å². The van der Waals surface area contributed by atoms with Crippen LogP contribution in [0.5, 0.6) is 0 Å². The summed E-state index contributed by atoms with van der Waals surface area (Å²) >= 11 is 1.46. The number of carbonyl (C=O) groups is 5. The first-order valence-corrected chi connectivity index (χ1v) is 23.8. The van der Waals surface area contributed by atoms with E-state index in [0.29, 0.717) is 36.6 Å². The van der Waals surface area contributed by atoms with Gasteiger partial charge in [-0.1, -0.05) is 154 Å². The molecule has 1 N–H and O–H groups in total. The van der Waals surface area contributed by atoms with Crippen molar-refractivity contribution in [3.8, 4) is 0 Å². The third kappa shape index (κ3) is 30.9. The molecule has 1 unspecified atom stereocenters. The van der Waals surface area contributed by atoms with Crippen LogP contribution >= 0.6 is 11.8 Å². The van der Waals surface area contributed by atoms with Crippen LogP contribution in [0.4, 0.5) is 0 Å². The molecule has 0 bridgehead atoms. The number of carbonyl (C=O) groups excluding carboxylic acids is 4. The highest BCUT2D eigenvalue weighted by Gasteiger charge is 2.21. The predicted molar refractivity (Wildman–Crippen MR) is 229 cm³/mol. The van der Waals surface area contributed by atoms with Gasteiger partial charge in [0, 0.05) is 37.3 Å². The lowest BCUT2D eigenvalue weighted by Gasteiger charge is -2.20. The third-order valence-electron chi connectivity index (χ3n) is 9.98. The molecule has 1 rings (SSSR count). The monoisotopic (exact) mass is 839 g/mol. The normalized spacial score (nSPS) is 11.6. The van der Waals surface area contributed by atoms with Gasteiger partial charge in [-0.2, -0.15) is 11.8 Å². The molecular weight excluding hydrogens is 761 g/mol. The Morgan fingerprint density at radius 1 is 0.655 bits per heavy atom. The number of thioether (sulfide) groups is 1. The van der Waals surface area contributed by atoms with Crippen molar-refractivity contribution in [2.45, 2.75) is 207 Å². The quantitative estimate of drug-likeness (QED) is 0.0378. The molecule has 334 valence electrons. The zero-order chi connectivity index (χ0) is 42.5. The molecule has 0 radical (unpaired) electrons. The molecule has 0 aliphatic heterocycles. The average Bonchev–Trinajstić information content (AvgIpc) is 3.65. The third-order valence-corrected chi connectivity index (χ3v) is 10.9. The first-order valence-electron chi connectivity index (χ1n) is 22.6. The van der Waals surface area contributed by atoms with E-state index in [1.54, 1.807) is 18.0 Å². The topological polar surface area (TPSA) is 167 Å². The Labute approximate surface area is 353 Å². The molecule has 1 heterocycles. The largest absolute Gasteiger partial charge is 0.481 e. The number of carboxylic acids is 1. The molecular formula is C44H78N4O9S. The van der Waals surface area contributed by atoms with Crippen molar-refractivity contribution < 1.29 is 43.3 Å². The van der Waals surface area contributed by atoms with Crippen LogP contribution in [0.15, 0.2) is 6.20 Å². The van der Waals surface area contributed by atoms with E-state index in [0.717, 1.165) is 38.5 Å². The number of ether oxygens (including phenoxy) is 3. The Bertz CT molecular complexity index is 1230. The molecule has 0 aliphatic carbocycles. The number of unbranched alkanes of at least 4 members (excludes halogenated alkanes) is 20. The maximum atomic E-state index is 12.8. The van der Waals surface area contributed by atoms with Gasteiger partial charge in [0.15, 0.2) is 6.10 Å². The smallest absolute Gasteiger partial charge is 0.327 e. The number of rotatable bonds is 40. The fourth-order valence-corrected chi connectivity index (χ4v) is 7.36. The minimum absolute atomic E-state index is 0.0596. The molecule has 58 heavy (non-hydrogen) atoms. The molecule has 0 saturated carbocycles. The molecule has 0 aliphatic rings. The minimum Gasteiger partial charge on any atom is -0.481 e. The summed E-state index contributed by atoms with van der Waals surface area (Å²) in [6.45, 7) is 6.13. The van der Waals surface area contributed by atoms with E-state index in [9.17, 15) is 24.0 Å². The van der Waals surface area contributed by atoms with Gasteiger partial charge in [0.25, 0.3) is 0 Å². The van der Waals surface area contributed by atoms with Gasteiger partial charge in [0.2, 0.25) is 5.91 Å². The van der Waals surface area contributed by atoms with Gasteiger partial charge in [-0.05, 0) is 12.8 Å². The maximum absolute atomic E-state index is 12.8. The lowest BCUT2D eigenvalue weighted by Crippen LogP contribution is -2.32. The molecule has 14 heteroatoms. The van der Waals surface area contributed by atoms with Gasteiger partial charge in [-0.25, -0.2) is 4.68 Å². The van der Waals surface area contributed by atoms with Crippen molar-refractivity contribution in [1.82, 2.24) is 19.9 Å².